The SMILES string of the molecule is COc1ccc2nc(NC(=O)OCCN(C(=O)OCc3ccccc3)C(C)C)sc2c1. The number of benzene rings is 2. The Hall–Kier alpha value is -3.33. The van der Waals surface area contributed by atoms with E-state index >= 15 is 0 Å². The van der Waals surface area contributed by atoms with E-state index in [4.69, 9.17) is 14.2 Å². The molecule has 0 saturated heterocycles. The first kappa shape index (κ1) is 22.4. The fraction of sp³-hybridized carbons (Fsp3) is 0.318. The van der Waals surface area contributed by atoms with Gasteiger partial charge in [0, 0.05) is 6.04 Å². The van der Waals surface area contributed by atoms with E-state index in [2.05, 4.69) is 10.3 Å². The first-order chi connectivity index (χ1) is 15.0. The fourth-order valence-electron chi connectivity index (χ4n) is 2.81. The third-order valence-corrected chi connectivity index (χ3v) is 5.37. The van der Waals surface area contributed by atoms with Crippen LogP contribution in [0.25, 0.3) is 10.2 Å². The van der Waals surface area contributed by atoms with Gasteiger partial charge in [0.15, 0.2) is 5.13 Å². The molecule has 0 aliphatic heterocycles. The minimum Gasteiger partial charge on any atom is -0.497 e. The van der Waals surface area contributed by atoms with E-state index in [1.54, 1.807) is 7.11 Å². The van der Waals surface area contributed by atoms with E-state index in [0.717, 1.165) is 21.5 Å². The number of aromatic nitrogens is 1. The average molecular weight is 444 g/mol. The molecule has 8 nitrogen and oxygen atoms in total. The van der Waals surface area contributed by atoms with Crippen LogP contribution < -0.4 is 10.1 Å². The summed E-state index contributed by atoms with van der Waals surface area (Å²) < 4.78 is 16.7. The maximum absolute atomic E-state index is 12.4. The Labute approximate surface area is 184 Å². The number of hydrogen-bond donors (Lipinski definition) is 1. The zero-order valence-electron chi connectivity index (χ0n) is 17.7. The van der Waals surface area contributed by atoms with E-state index in [0.29, 0.717) is 5.13 Å². The zero-order valence-corrected chi connectivity index (χ0v) is 18.5. The number of ether oxygens (including phenoxy) is 3. The van der Waals surface area contributed by atoms with Crippen LogP contribution in [-0.4, -0.2) is 48.4 Å². The second-order valence-corrected chi connectivity index (χ2v) is 7.97. The summed E-state index contributed by atoms with van der Waals surface area (Å²) in [4.78, 5) is 30.4. The molecule has 0 aliphatic carbocycles. The normalized spacial score (nSPS) is 10.7. The Morgan fingerprint density at radius 2 is 1.90 bits per heavy atom. The van der Waals surface area contributed by atoms with Crippen LogP contribution in [0.4, 0.5) is 14.7 Å². The second kappa shape index (κ2) is 10.6. The number of thiazole rings is 1. The van der Waals surface area contributed by atoms with Gasteiger partial charge in [-0.25, -0.2) is 14.6 Å². The molecule has 31 heavy (non-hydrogen) atoms. The first-order valence-electron chi connectivity index (χ1n) is 9.82. The number of anilines is 1. The summed E-state index contributed by atoms with van der Waals surface area (Å²) in [7, 11) is 1.59. The molecule has 3 rings (SSSR count). The molecule has 3 aromatic rings. The highest BCUT2D eigenvalue weighted by Gasteiger charge is 2.19. The van der Waals surface area contributed by atoms with Gasteiger partial charge in [0.1, 0.15) is 19.0 Å². The van der Waals surface area contributed by atoms with Crippen LogP contribution in [0, 0.1) is 0 Å². The maximum atomic E-state index is 12.4. The Kier molecular flexibility index (Phi) is 7.66. The van der Waals surface area contributed by atoms with Gasteiger partial charge in [0.2, 0.25) is 0 Å². The van der Waals surface area contributed by atoms with Crippen LogP contribution in [-0.2, 0) is 16.1 Å². The van der Waals surface area contributed by atoms with Crippen LogP contribution in [0.3, 0.4) is 0 Å². The summed E-state index contributed by atoms with van der Waals surface area (Å²) in [6.07, 6.45) is -1.09. The Bertz CT molecular complexity index is 1020. The third-order valence-electron chi connectivity index (χ3n) is 4.43. The second-order valence-electron chi connectivity index (χ2n) is 6.94. The number of nitrogens with zero attached hydrogens (tertiary/aromatic N) is 2. The highest BCUT2D eigenvalue weighted by Crippen LogP contribution is 2.29. The van der Waals surface area contributed by atoms with Crippen LogP contribution >= 0.6 is 11.3 Å². The van der Waals surface area contributed by atoms with Gasteiger partial charge in [0.25, 0.3) is 0 Å². The van der Waals surface area contributed by atoms with Crippen molar-refractivity contribution in [2.75, 3.05) is 25.6 Å². The lowest BCUT2D eigenvalue weighted by molar-refractivity contribution is 0.0737. The van der Waals surface area contributed by atoms with Gasteiger partial charge in [-0.15, -0.1) is 0 Å². The minimum absolute atomic E-state index is 0.0309. The molecule has 0 bridgehead atoms. The highest BCUT2D eigenvalue weighted by atomic mass is 32.1. The molecular weight excluding hydrogens is 418 g/mol. The summed E-state index contributed by atoms with van der Waals surface area (Å²) >= 11 is 1.32. The van der Waals surface area contributed by atoms with Gasteiger partial charge in [-0.1, -0.05) is 41.7 Å². The molecule has 0 spiro atoms. The van der Waals surface area contributed by atoms with Crippen LogP contribution in [0.1, 0.15) is 19.4 Å². The van der Waals surface area contributed by atoms with Gasteiger partial charge in [0.05, 0.1) is 23.9 Å². The highest BCUT2D eigenvalue weighted by molar-refractivity contribution is 7.22. The lowest BCUT2D eigenvalue weighted by atomic mass is 10.2. The molecule has 2 amide bonds. The number of carbonyl (C=O) groups is 2. The molecule has 164 valence electrons. The molecule has 1 heterocycles. The van der Waals surface area contributed by atoms with Crippen molar-refractivity contribution in [2.24, 2.45) is 0 Å². The van der Waals surface area contributed by atoms with Crippen molar-refractivity contribution in [2.45, 2.75) is 26.5 Å². The third kappa shape index (κ3) is 6.32. The van der Waals surface area contributed by atoms with Crippen molar-refractivity contribution in [3.05, 3.63) is 54.1 Å². The van der Waals surface area contributed by atoms with E-state index in [-0.39, 0.29) is 25.8 Å². The summed E-state index contributed by atoms with van der Waals surface area (Å²) in [5.74, 6) is 0.721. The topological polar surface area (TPSA) is 90.0 Å². The minimum atomic E-state index is -0.632. The molecular formula is C22H25N3O5S. The van der Waals surface area contributed by atoms with Crippen molar-refractivity contribution in [1.29, 1.82) is 0 Å². The van der Waals surface area contributed by atoms with Crippen molar-refractivity contribution >= 4 is 38.9 Å². The predicted octanol–water partition coefficient (Wildman–Crippen LogP) is 4.90. The van der Waals surface area contributed by atoms with Crippen molar-refractivity contribution in [3.8, 4) is 5.75 Å². The molecule has 0 fully saturated rings. The maximum Gasteiger partial charge on any atom is 0.413 e. The lowest BCUT2D eigenvalue weighted by Gasteiger charge is -2.25. The summed E-state index contributed by atoms with van der Waals surface area (Å²) in [5.41, 5.74) is 1.66. The van der Waals surface area contributed by atoms with Crippen LogP contribution in [0.2, 0.25) is 0 Å². The van der Waals surface area contributed by atoms with Gasteiger partial charge >= 0.3 is 12.2 Å². The molecule has 1 N–H and O–H groups in total. The predicted molar refractivity (Wildman–Crippen MR) is 120 cm³/mol. The monoisotopic (exact) mass is 443 g/mol. The number of methoxy groups -OCH3 is 1. The van der Waals surface area contributed by atoms with E-state index in [1.165, 1.54) is 16.2 Å². The molecule has 2 aromatic carbocycles. The zero-order chi connectivity index (χ0) is 22.2. The smallest absolute Gasteiger partial charge is 0.413 e. The number of rotatable bonds is 8. The van der Waals surface area contributed by atoms with Crippen LogP contribution in [0.15, 0.2) is 48.5 Å². The summed E-state index contributed by atoms with van der Waals surface area (Å²) in [5, 5.41) is 3.05. The molecule has 0 aliphatic rings. The van der Waals surface area contributed by atoms with E-state index in [1.807, 2.05) is 62.4 Å². The molecule has 0 radical (unpaired) electrons. The van der Waals surface area contributed by atoms with E-state index < -0.39 is 12.2 Å². The quantitative estimate of drug-likeness (QED) is 0.533. The van der Waals surface area contributed by atoms with Crippen molar-refractivity contribution in [1.82, 2.24) is 9.88 Å². The number of carbonyl (C=O) groups excluding carboxylic acids is 2. The van der Waals surface area contributed by atoms with Crippen molar-refractivity contribution < 1.29 is 23.8 Å². The molecule has 1 aromatic heterocycles. The summed E-state index contributed by atoms with van der Waals surface area (Å²) in [6.45, 7) is 4.18. The largest absolute Gasteiger partial charge is 0.497 e. The first-order valence-corrected chi connectivity index (χ1v) is 10.6. The Morgan fingerprint density at radius 3 is 2.61 bits per heavy atom. The van der Waals surface area contributed by atoms with Gasteiger partial charge in [-0.2, -0.15) is 0 Å². The molecule has 9 heteroatoms. The average Bonchev–Trinajstić information content (AvgIpc) is 3.16. The number of nitrogens with one attached hydrogen (secondary N) is 1. The number of hydrogen-bond acceptors (Lipinski definition) is 7. The molecule has 0 saturated carbocycles. The van der Waals surface area contributed by atoms with Gasteiger partial charge < -0.3 is 19.1 Å². The standard InChI is InChI=1S/C22H25N3O5S/c1-15(2)25(22(27)30-14-16-7-5-4-6-8-16)11-12-29-21(26)24-20-23-18-10-9-17(28-3)13-19(18)31-20/h4-10,13,15H,11-12,14H2,1-3H3,(H,23,24,26). The van der Waals surface area contributed by atoms with E-state index in [9.17, 15) is 9.59 Å². The number of fused-ring (bicyclic) bond motifs is 1. The number of amides is 2. The van der Waals surface area contributed by atoms with Gasteiger partial charge in [-0.05, 0) is 37.6 Å². The van der Waals surface area contributed by atoms with Crippen molar-refractivity contribution in [3.63, 3.8) is 0 Å². The Balaban J connectivity index is 1.47. The fourth-order valence-corrected chi connectivity index (χ4v) is 3.69. The molecule has 0 unspecified atom stereocenters. The molecule has 0 atom stereocenters. The Morgan fingerprint density at radius 1 is 1.13 bits per heavy atom. The van der Waals surface area contributed by atoms with Gasteiger partial charge in [-0.3, -0.25) is 5.32 Å². The summed E-state index contributed by atoms with van der Waals surface area (Å²) in [6, 6.07) is 14.8. The lowest BCUT2D eigenvalue weighted by Crippen LogP contribution is -2.40. The van der Waals surface area contributed by atoms with Crippen LogP contribution in [0.5, 0.6) is 5.75 Å².